The number of hydrogen-bond donors (Lipinski definition) is 1. The summed E-state index contributed by atoms with van der Waals surface area (Å²) in [4.78, 5) is 31.1. The van der Waals surface area contributed by atoms with Crippen LogP contribution in [0.2, 0.25) is 0 Å². The highest BCUT2D eigenvalue weighted by atomic mass is 32.2. The summed E-state index contributed by atoms with van der Waals surface area (Å²) in [5.41, 5.74) is 8.09. The Labute approximate surface area is 220 Å². The largest absolute Gasteiger partial charge is 0.459 e. The zero-order valence-corrected chi connectivity index (χ0v) is 22.9. The summed E-state index contributed by atoms with van der Waals surface area (Å²) in [5, 5.41) is 0. The molecular formula is C28H34FN3O4S. The summed E-state index contributed by atoms with van der Waals surface area (Å²) in [6.45, 7) is 10.8. The van der Waals surface area contributed by atoms with E-state index in [4.69, 9.17) is 15.2 Å². The van der Waals surface area contributed by atoms with E-state index in [-0.39, 0.29) is 5.92 Å². The number of imidazole rings is 1. The molecule has 0 fully saturated rings. The Balaban J connectivity index is 1.60. The molecule has 3 aromatic rings. The van der Waals surface area contributed by atoms with Gasteiger partial charge in [0.25, 0.3) is 0 Å². The van der Waals surface area contributed by atoms with Crippen molar-refractivity contribution in [3.63, 3.8) is 0 Å². The molecule has 4 rings (SSSR count). The van der Waals surface area contributed by atoms with Gasteiger partial charge in [0.05, 0.1) is 5.52 Å². The van der Waals surface area contributed by atoms with Gasteiger partial charge in [0.15, 0.2) is 0 Å². The van der Waals surface area contributed by atoms with Crippen molar-refractivity contribution in [1.82, 2.24) is 9.55 Å². The summed E-state index contributed by atoms with van der Waals surface area (Å²) in [5.74, 6) is -0.990. The Morgan fingerprint density at radius 2 is 1.81 bits per heavy atom. The number of nitrogens with two attached hydrogens (primary N) is 1. The van der Waals surface area contributed by atoms with Crippen molar-refractivity contribution in [2.24, 2.45) is 5.73 Å². The number of esters is 1. The topological polar surface area (TPSA) is 96.4 Å². The van der Waals surface area contributed by atoms with Crippen molar-refractivity contribution in [2.75, 3.05) is 0 Å². The second-order valence-electron chi connectivity index (χ2n) is 11.4. The predicted octanol–water partition coefficient (Wildman–Crippen LogP) is 6.20. The van der Waals surface area contributed by atoms with Crippen LogP contribution in [0.25, 0.3) is 11.0 Å². The summed E-state index contributed by atoms with van der Waals surface area (Å²) in [6.07, 6.45) is 3.34. The molecule has 1 aliphatic carbocycles. The van der Waals surface area contributed by atoms with E-state index in [9.17, 15) is 14.0 Å². The quantitative estimate of drug-likeness (QED) is 0.404. The fraction of sp³-hybridized carbons (Fsp3) is 0.464. The van der Waals surface area contributed by atoms with Crippen LogP contribution in [0.1, 0.15) is 71.4 Å². The third-order valence-corrected chi connectivity index (χ3v) is 7.01. The van der Waals surface area contributed by atoms with E-state index in [2.05, 4.69) is 11.1 Å². The van der Waals surface area contributed by atoms with E-state index in [0.717, 1.165) is 35.3 Å². The van der Waals surface area contributed by atoms with Crippen molar-refractivity contribution >= 4 is 34.9 Å². The Morgan fingerprint density at radius 3 is 2.49 bits per heavy atom. The van der Waals surface area contributed by atoms with E-state index in [1.54, 1.807) is 20.8 Å². The minimum atomic E-state index is -0.739. The Kier molecular flexibility index (Phi) is 7.41. The standard InChI is InChI=1S/C28H34FN3O4S/c1-27(2,3)35-25(33)23(30)20-9-7-8-16-12-18(10-11-19(16)20)37-22-14-17(29)13-21-24(22)31-15-32(21)26(34)36-28(4,5)6/h10-15,20,23H,7-9,30H2,1-6H3. The fourth-order valence-electron chi connectivity index (χ4n) is 4.51. The highest BCUT2D eigenvalue weighted by Crippen LogP contribution is 2.39. The molecule has 1 heterocycles. The van der Waals surface area contributed by atoms with Crippen molar-refractivity contribution in [2.45, 2.75) is 93.8 Å². The molecule has 2 unspecified atom stereocenters. The zero-order valence-electron chi connectivity index (χ0n) is 22.1. The lowest BCUT2D eigenvalue weighted by Crippen LogP contribution is -2.42. The maximum atomic E-state index is 14.6. The fourth-order valence-corrected chi connectivity index (χ4v) is 5.53. The van der Waals surface area contributed by atoms with Gasteiger partial charge >= 0.3 is 12.1 Å². The molecule has 0 amide bonds. The lowest BCUT2D eigenvalue weighted by Gasteiger charge is -2.31. The number of ether oxygens (including phenoxy) is 2. The number of halogens is 1. The smallest absolute Gasteiger partial charge is 0.420 e. The third kappa shape index (κ3) is 6.33. The normalized spacial score (nSPS) is 16.8. The maximum Gasteiger partial charge on any atom is 0.420 e. The van der Waals surface area contributed by atoms with Crippen LogP contribution >= 0.6 is 11.8 Å². The van der Waals surface area contributed by atoms with Gasteiger partial charge in [-0.05, 0) is 90.1 Å². The molecule has 198 valence electrons. The van der Waals surface area contributed by atoms with Gasteiger partial charge in [0, 0.05) is 21.8 Å². The number of hydrogen-bond acceptors (Lipinski definition) is 7. The molecule has 1 aromatic heterocycles. The molecule has 2 N–H and O–H groups in total. The Morgan fingerprint density at radius 1 is 1.11 bits per heavy atom. The lowest BCUT2D eigenvalue weighted by molar-refractivity contribution is -0.157. The molecule has 0 bridgehead atoms. The average Bonchev–Trinajstić information content (AvgIpc) is 3.20. The first-order chi connectivity index (χ1) is 17.2. The van der Waals surface area contributed by atoms with E-state index >= 15 is 0 Å². The van der Waals surface area contributed by atoms with Gasteiger partial charge in [0.1, 0.15) is 34.9 Å². The van der Waals surface area contributed by atoms with Crippen molar-refractivity contribution in [3.8, 4) is 0 Å². The molecule has 7 nitrogen and oxygen atoms in total. The van der Waals surface area contributed by atoms with Gasteiger partial charge < -0.3 is 15.2 Å². The number of aromatic nitrogens is 2. The number of carbonyl (C=O) groups is 2. The van der Waals surface area contributed by atoms with E-state index in [1.807, 2.05) is 32.9 Å². The third-order valence-electron chi connectivity index (χ3n) is 5.99. The molecule has 2 aromatic carbocycles. The van der Waals surface area contributed by atoms with Crippen LogP contribution in [0.5, 0.6) is 0 Å². The van der Waals surface area contributed by atoms with Crippen molar-refractivity contribution < 1.29 is 23.5 Å². The van der Waals surface area contributed by atoms with Crippen LogP contribution in [-0.2, 0) is 20.7 Å². The van der Waals surface area contributed by atoms with Crippen LogP contribution in [0.3, 0.4) is 0 Å². The summed E-state index contributed by atoms with van der Waals surface area (Å²) >= 11 is 1.38. The molecular weight excluding hydrogens is 493 g/mol. The molecule has 0 saturated carbocycles. The van der Waals surface area contributed by atoms with Crippen LogP contribution in [0, 0.1) is 5.82 Å². The highest BCUT2D eigenvalue weighted by molar-refractivity contribution is 7.99. The first-order valence-corrected chi connectivity index (χ1v) is 13.2. The number of benzene rings is 2. The van der Waals surface area contributed by atoms with Gasteiger partial charge in [-0.3, -0.25) is 4.79 Å². The van der Waals surface area contributed by atoms with Crippen molar-refractivity contribution in [3.05, 3.63) is 53.6 Å². The summed E-state index contributed by atoms with van der Waals surface area (Å²) in [7, 11) is 0. The summed E-state index contributed by atoms with van der Waals surface area (Å²) < 4.78 is 26.8. The number of carbonyl (C=O) groups excluding carboxylic acids is 2. The first kappa shape index (κ1) is 27.1. The van der Waals surface area contributed by atoms with Gasteiger partial charge in [-0.15, -0.1) is 0 Å². The maximum absolute atomic E-state index is 14.6. The van der Waals surface area contributed by atoms with Crippen LogP contribution in [-0.4, -0.2) is 38.9 Å². The van der Waals surface area contributed by atoms with E-state index in [1.165, 1.54) is 34.8 Å². The number of rotatable bonds is 4. The van der Waals surface area contributed by atoms with Gasteiger partial charge in [-0.2, -0.15) is 0 Å². The van der Waals surface area contributed by atoms with Gasteiger partial charge in [0.2, 0.25) is 0 Å². The predicted molar refractivity (Wildman–Crippen MR) is 141 cm³/mol. The average molecular weight is 528 g/mol. The van der Waals surface area contributed by atoms with Crippen molar-refractivity contribution in [1.29, 1.82) is 0 Å². The van der Waals surface area contributed by atoms with Gasteiger partial charge in [-0.1, -0.05) is 17.8 Å². The molecule has 0 spiro atoms. The first-order valence-electron chi connectivity index (χ1n) is 12.4. The van der Waals surface area contributed by atoms with Gasteiger partial charge in [-0.25, -0.2) is 18.7 Å². The minimum Gasteiger partial charge on any atom is -0.459 e. The second kappa shape index (κ2) is 10.1. The molecule has 0 aliphatic heterocycles. The molecule has 1 aliphatic rings. The highest BCUT2D eigenvalue weighted by Gasteiger charge is 2.33. The lowest BCUT2D eigenvalue weighted by atomic mass is 9.79. The molecule has 0 radical (unpaired) electrons. The van der Waals surface area contributed by atoms with Crippen LogP contribution in [0.4, 0.5) is 9.18 Å². The van der Waals surface area contributed by atoms with E-state index in [0.29, 0.717) is 15.9 Å². The summed E-state index contributed by atoms with van der Waals surface area (Å²) in [6, 6.07) is 7.98. The number of nitrogens with zero attached hydrogens (tertiary/aromatic N) is 2. The number of aryl methyl sites for hydroxylation is 1. The van der Waals surface area contributed by atoms with Crippen LogP contribution in [0.15, 0.2) is 46.5 Å². The van der Waals surface area contributed by atoms with E-state index < -0.39 is 35.1 Å². The SMILES string of the molecule is CC(C)(C)OC(=O)C(N)C1CCCc2cc(Sc3cc(F)cc4c3ncn4C(=O)OC(C)(C)C)ccc21. The van der Waals surface area contributed by atoms with Crippen LogP contribution < -0.4 is 5.73 Å². The monoisotopic (exact) mass is 527 g/mol. The molecule has 2 atom stereocenters. The second-order valence-corrected chi connectivity index (χ2v) is 12.5. The molecule has 37 heavy (non-hydrogen) atoms. The molecule has 0 saturated heterocycles. The number of fused-ring (bicyclic) bond motifs is 2. The minimum absolute atomic E-state index is 0.122. The zero-order chi connectivity index (χ0) is 27.1. The molecule has 9 heteroatoms. The Bertz CT molecular complexity index is 1340. The Hall–Kier alpha value is -2.91.